The molecule has 1 amide bonds. The molecule has 2 aromatic rings. The molecule has 0 bridgehead atoms. The first-order valence-electron chi connectivity index (χ1n) is 8.58. The molecule has 0 saturated carbocycles. The number of hydrogen-bond acceptors (Lipinski definition) is 5. The van der Waals surface area contributed by atoms with Crippen molar-refractivity contribution in [2.75, 3.05) is 12.1 Å². The number of rotatable bonds is 3. The summed E-state index contributed by atoms with van der Waals surface area (Å²) in [5.41, 5.74) is 5.50. The standard InChI is InChI=1S/C20H19N3O3/c1-3-19(24)21-15-6-4-13(5-7-15)20-16-10-18-17(25-11-26-18)9-14(16)8-12(2)22-23-20/h4-7,9-10H,3,8,11H2,1-2H3,(H,21,24). The van der Waals surface area contributed by atoms with Gasteiger partial charge in [-0.2, -0.15) is 5.10 Å². The molecule has 0 fully saturated rings. The lowest BCUT2D eigenvalue weighted by Crippen LogP contribution is -2.10. The second-order valence-electron chi connectivity index (χ2n) is 6.30. The quantitative estimate of drug-likeness (QED) is 0.921. The number of carbonyl (C=O) groups is 1. The first kappa shape index (κ1) is 16.3. The Hall–Kier alpha value is -3.15. The summed E-state index contributed by atoms with van der Waals surface area (Å²) in [5.74, 6) is 1.47. The van der Waals surface area contributed by atoms with Crippen LogP contribution in [-0.2, 0) is 11.2 Å². The van der Waals surface area contributed by atoms with Crippen molar-refractivity contribution in [3.63, 3.8) is 0 Å². The third kappa shape index (κ3) is 3.06. The predicted octanol–water partition coefficient (Wildman–Crippen LogP) is 3.53. The van der Waals surface area contributed by atoms with Crippen LogP contribution in [0.15, 0.2) is 46.6 Å². The van der Waals surface area contributed by atoms with Crippen molar-refractivity contribution in [3.8, 4) is 11.5 Å². The summed E-state index contributed by atoms with van der Waals surface area (Å²) in [4.78, 5) is 11.5. The van der Waals surface area contributed by atoms with Crippen molar-refractivity contribution >= 4 is 23.0 Å². The van der Waals surface area contributed by atoms with E-state index in [-0.39, 0.29) is 12.7 Å². The Labute approximate surface area is 151 Å². The smallest absolute Gasteiger partial charge is 0.231 e. The molecule has 26 heavy (non-hydrogen) atoms. The normalized spacial score (nSPS) is 14.8. The lowest BCUT2D eigenvalue weighted by atomic mass is 9.94. The number of hydrogen-bond donors (Lipinski definition) is 1. The molecular weight excluding hydrogens is 330 g/mol. The van der Waals surface area contributed by atoms with Gasteiger partial charge in [0, 0.05) is 35.4 Å². The van der Waals surface area contributed by atoms with Gasteiger partial charge in [0.05, 0.1) is 0 Å². The lowest BCUT2D eigenvalue weighted by Gasteiger charge is -2.11. The molecule has 2 aromatic carbocycles. The van der Waals surface area contributed by atoms with E-state index >= 15 is 0 Å². The summed E-state index contributed by atoms with van der Waals surface area (Å²) in [5, 5.41) is 11.7. The molecule has 132 valence electrons. The summed E-state index contributed by atoms with van der Waals surface area (Å²) in [6.45, 7) is 4.03. The minimum atomic E-state index is -0.0113. The van der Waals surface area contributed by atoms with Gasteiger partial charge in [-0.05, 0) is 36.8 Å². The fourth-order valence-corrected chi connectivity index (χ4v) is 3.03. The van der Waals surface area contributed by atoms with Gasteiger partial charge in [0.2, 0.25) is 12.7 Å². The van der Waals surface area contributed by atoms with Gasteiger partial charge >= 0.3 is 0 Å². The van der Waals surface area contributed by atoms with Crippen LogP contribution in [0.5, 0.6) is 11.5 Å². The Morgan fingerprint density at radius 1 is 1.12 bits per heavy atom. The van der Waals surface area contributed by atoms with E-state index in [1.165, 1.54) is 0 Å². The predicted molar refractivity (Wildman–Crippen MR) is 100 cm³/mol. The van der Waals surface area contributed by atoms with Crippen LogP contribution in [0.25, 0.3) is 0 Å². The number of carbonyl (C=O) groups excluding carboxylic acids is 1. The molecule has 0 atom stereocenters. The summed E-state index contributed by atoms with van der Waals surface area (Å²) in [7, 11) is 0. The number of nitrogens with one attached hydrogen (secondary N) is 1. The topological polar surface area (TPSA) is 72.3 Å². The fraction of sp³-hybridized carbons (Fsp3) is 0.250. The van der Waals surface area contributed by atoms with Gasteiger partial charge in [-0.25, -0.2) is 0 Å². The average Bonchev–Trinajstić information content (AvgIpc) is 3.03. The maximum atomic E-state index is 11.5. The summed E-state index contributed by atoms with van der Waals surface area (Å²) < 4.78 is 11.0. The number of nitrogens with zero attached hydrogens (tertiary/aromatic N) is 2. The average molecular weight is 349 g/mol. The van der Waals surface area contributed by atoms with Gasteiger partial charge in [-0.15, -0.1) is 5.10 Å². The van der Waals surface area contributed by atoms with Crippen LogP contribution in [0.3, 0.4) is 0 Å². The molecule has 2 aliphatic heterocycles. The third-order valence-corrected chi connectivity index (χ3v) is 4.38. The van der Waals surface area contributed by atoms with Crippen LogP contribution >= 0.6 is 0 Å². The van der Waals surface area contributed by atoms with Gasteiger partial charge in [0.1, 0.15) is 5.71 Å². The van der Waals surface area contributed by atoms with Gasteiger partial charge in [0.25, 0.3) is 0 Å². The molecule has 0 spiro atoms. The van der Waals surface area contributed by atoms with Crippen LogP contribution < -0.4 is 14.8 Å². The van der Waals surface area contributed by atoms with Gasteiger partial charge in [-0.3, -0.25) is 4.79 Å². The van der Waals surface area contributed by atoms with Crippen LogP contribution in [0.1, 0.15) is 37.0 Å². The van der Waals surface area contributed by atoms with Crippen molar-refractivity contribution in [1.29, 1.82) is 0 Å². The first-order chi connectivity index (χ1) is 12.6. The van der Waals surface area contributed by atoms with E-state index in [4.69, 9.17) is 9.47 Å². The minimum Gasteiger partial charge on any atom is -0.454 e. The molecule has 0 saturated heterocycles. The highest BCUT2D eigenvalue weighted by Crippen LogP contribution is 2.36. The summed E-state index contributed by atoms with van der Waals surface area (Å²) >= 11 is 0. The van der Waals surface area contributed by atoms with Crippen LogP contribution in [0.4, 0.5) is 5.69 Å². The van der Waals surface area contributed by atoms with Crippen molar-refractivity contribution < 1.29 is 14.3 Å². The largest absolute Gasteiger partial charge is 0.454 e. The number of ether oxygens (including phenoxy) is 2. The molecule has 2 heterocycles. The Kier molecular flexibility index (Phi) is 4.16. The van der Waals surface area contributed by atoms with Gasteiger partial charge < -0.3 is 14.8 Å². The molecule has 0 unspecified atom stereocenters. The monoisotopic (exact) mass is 349 g/mol. The minimum absolute atomic E-state index is 0.0113. The van der Waals surface area contributed by atoms with Crippen LogP contribution in [0, 0.1) is 0 Å². The maximum absolute atomic E-state index is 11.5. The van der Waals surface area contributed by atoms with Crippen molar-refractivity contribution in [2.45, 2.75) is 26.7 Å². The lowest BCUT2D eigenvalue weighted by molar-refractivity contribution is -0.115. The third-order valence-electron chi connectivity index (χ3n) is 4.38. The highest BCUT2D eigenvalue weighted by Gasteiger charge is 2.22. The van der Waals surface area contributed by atoms with Gasteiger partial charge in [-0.1, -0.05) is 19.1 Å². The van der Waals surface area contributed by atoms with E-state index in [0.717, 1.165) is 45.3 Å². The zero-order chi connectivity index (χ0) is 18.1. The second kappa shape index (κ2) is 6.63. The van der Waals surface area contributed by atoms with Crippen LogP contribution in [0.2, 0.25) is 0 Å². The Morgan fingerprint density at radius 2 is 1.85 bits per heavy atom. The maximum Gasteiger partial charge on any atom is 0.231 e. The Balaban J connectivity index is 1.73. The van der Waals surface area contributed by atoms with E-state index in [0.29, 0.717) is 12.8 Å². The molecule has 4 rings (SSSR count). The van der Waals surface area contributed by atoms with Crippen molar-refractivity contribution in [2.24, 2.45) is 10.2 Å². The second-order valence-corrected chi connectivity index (χ2v) is 6.30. The first-order valence-corrected chi connectivity index (χ1v) is 8.58. The fourth-order valence-electron chi connectivity index (χ4n) is 3.03. The molecule has 6 nitrogen and oxygen atoms in total. The number of benzene rings is 2. The molecule has 0 aliphatic carbocycles. The molecule has 2 aliphatic rings. The zero-order valence-electron chi connectivity index (χ0n) is 14.7. The molecule has 1 N–H and O–H groups in total. The van der Waals surface area contributed by atoms with E-state index in [1.807, 2.05) is 50.2 Å². The zero-order valence-corrected chi connectivity index (χ0v) is 14.7. The molecular formula is C20H19N3O3. The van der Waals surface area contributed by atoms with Crippen molar-refractivity contribution in [1.82, 2.24) is 0 Å². The number of fused-ring (bicyclic) bond motifs is 2. The summed E-state index contributed by atoms with van der Waals surface area (Å²) in [6.07, 6.45) is 1.16. The Morgan fingerprint density at radius 3 is 2.58 bits per heavy atom. The van der Waals surface area contributed by atoms with Gasteiger partial charge in [0.15, 0.2) is 11.5 Å². The SMILES string of the molecule is CCC(=O)Nc1ccc(C2=NN=C(C)Cc3cc4c(cc32)OCO4)cc1. The van der Waals surface area contributed by atoms with E-state index in [1.54, 1.807) is 0 Å². The van der Waals surface area contributed by atoms with E-state index < -0.39 is 0 Å². The Bertz CT molecular complexity index is 930. The molecule has 0 radical (unpaired) electrons. The number of anilines is 1. The van der Waals surface area contributed by atoms with E-state index in [2.05, 4.69) is 15.5 Å². The molecule has 6 heteroatoms. The van der Waals surface area contributed by atoms with E-state index in [9.17, 15) is 4.79 Å². The number of amides is 1. The highest BCUT2D eigenvalue weighted by atomic mass is 16.7. The summed E-state index contributed by atoms with van der Waals surface area (Å²) in [6, 6.07) is 11.6. The van der Waals surface area contributed by atoms with Crippen molar-refractivity contribution in [3.05, 3.63) is 53.1 Å². The highest BCUT2D eigenvalue weighted by molar-refractivity contribution is 6.15. The van der Waals surface area contributed by atoms with Crippen LogP contribution in [-0.4, -0.2) is 24.1 Å². The molecule has 0 aromatic heterocycles.